The number of allylic oxidation sites excluding steroid dienone is 1. The van der Waals surface area contributed by atoms with Crippen molar-refractivity contribution < 1.29 is 38.1 Å². The van der Waals surface area contributed by atoms with Crippen LogP contribution in [-0.4, -0.2) is 59.6 Å². The van der Waals surface area contributed by atoms with Gasteiger partial charge >= 0.3 is 17.9 Å². The predicted octanol–water partition coefficient (Wildman–Crippen LogP) is 2.56. The van der Waals surface area contributed by atoms with Gasteiger partial charge in [-0.3, -0.25) is 0 Å². The molecule has 8 nitrogen and oxygen atoms in total. The zero-order chi connectivity index (χ0) is 24.0. The molecule has 33 heavy (non-hydrogen) atoms. The van der Waals surface area contributed by atoms with E-state index in [1.807, 2.05) is 20.8 Å². The van der Waals surface area contributed by atoms with Crippen molar-refractivity contribution in [3.8, 4) is 0 Å². The second-order valence-electron chi connectivity index (χ2n) is 10.2. The van der Waals surface area contributed by atoms with Gasteiger partial charge in [-0.25, -0.2) is 14.4 Å². The van der Waals surface area contributed by atoms with E-state index in [9.17, 15) is 14.4 Å². The standard InChI is InChI=1S/C25H30O8/c1-8-10(2)21(26)31-19-15-11(3)9-14(29-23(28)24(6)13(5)32-24)16-12(4)22(27)30-18(16)17(15)25(7)20(19)33-25/h8,13-14,16-20H,4,9H2,1-3,5-7H3/b10-8-/t13-,14-,16-,17+,18+,19-,20-,24-,25+/m1/s1. The molecule has 4 fully saturated rings. The van der Waals surface area contributed by atoms with Gasteiger partial charge in [0.2, 0.25) is 0 Å². The van der Waals surface area contributed by atoms with E-state index in [1.165, 1.54) is 0 Å². The Morgan fingerprint density at radius 1 is 1.21 bits per heavy atom. The smallest absolute Gasteiger partial charge is 0.341 e. The molecule has 9 atom stereocenters. The lowest BCUT2D eigenvalue weighted by molar-refractivity contribution is -0.159. The summed E-state index contributed by atoms with van der Waals surface area (Å²) in [7, 11) is 0. The minimum Gasteiger partial charge on any atom is -0.459 e. The van der Waals surface area contributed by atoms with Crippen LogP contribution in [0.4, 0.5) is 0 Å². The van der Waals surface area contributed by atoms with Crippen LogP contribution >= 0.6 is 0 Å². The summed E-state index contributed by atoms with van der Waals surface area (Å²) in [6.45, 7) is 14.8. The van der Waals surface area contributed by atoms with Crippen molar-refractivity contribution in [1.29, 1.82) is 0 Å². The van der Waals surface area contributed by atoms with Crippen LogP contribution in [0.2, 0.25) is 0 Å². The highest BCUT2D eigenvalue weighted by Crippen LogP contribution is 2.63. The van der Waals surface area contributed by atoms with E-state index in [-0.39, 0.29) is 23.7 Å². The average molecular weight is 459 g/mol. The number of hydrogen-bond acceptors (Lipinski definition) is 8. The first-order valence-corrected chi connectivity index (χ1v) is 11.4. The highest BCUT2D eigenvalue weighted by atomic mass is 16.7. The van der Waals surface area contributed by atoms with Crippen LogP contribution in [0.3, 0.4) is 0 Å². The first-order chi connectivity index (χ1) is 15.4. The maximum Gasteiger partial charge on any atom is 0.341 e. The van der Waals surface area contributed by atoms with E-state index in [0.717, 1.165) is 11.1 Å². The predicted molar refractivity (Wildman–Crippen MR) is 115 cm³/mol. The number of ether oxygens (including phenoxy) is 5. The Bertz CT molecular complexity index is 1040. The second-order valence-corrected chi connectivity index (χ2v) is 10.2. The van der Waals surface area contributed by atoms with Crippen LogP contribution in [0, 0.1) is 11.8 Å². The van der Waals surface area contributed by atoms with Gasteiger partial charge in [-0.1, -0.05) is 18.2 Å². The van der Waals surface area contributed by atoms with Crippen LogP contribution in [0.1, 0.15) is 48.0 Å². The Kier molecular flexibility index (Phi) is 4.76. The Balaban J connectivity index is 1.52. The van der Waals surface area contributed by atoms with Crippen LogP contribution < -0.4 is 0 Å². The molecule has 0 unspecified atom stereocenters. The number of carbonyl (C=O) groups is 3. The lowest BCUT2D eigenvalue weighted by Crippen LogP contribution is -2.41. The van der Waals surface area contributed by atoms with Gasteiger partial charge in [-0.05, 0) is 47.1 Å². The van der Waals surface area contributed by atoms with Crippen LogP contribution in [-0.2, 0) is 38.1 Å². The summed E-state index contributed by atoms with van der Waals surface area (Å²) >= 11 is 0. The van der Waals surface area contributed by atoms with E-state index < -0.39 is 53.3 Å². The molecule has 0 aromatic rings. The molecule has 0 aromatic carbocycles. The minimum absolute atomic E-state index is 0.228. The molecular formula is C25H30O8. The highest BCUT2D eigenvalue weighted by molar-refractivity contribution is 5.92. The quantitative estimate of drug-likeness (QED) is 0.208. The van der Waals surface area contributed by atoms with Crippen LogP contribution in [0.15, 0.2) is 34.9 Å². The molecule has 0 N–H and O–H groups in total. The highest BCUT2D eigenvalue weighted by Gasteiger charge is 2.75. The molecular weight excluding hydrogens is 428 g/mol. The van der Waals surface area contributed by atoms with Crippen molar-refractivity contribution in [2.75, 3.05) is 0 Å². The van der Waals surface area contributed by atoms with Crippen LogP contribution in [0.5, 0.6) is 0 Å². The zero-order valence-corrected chi connectivity index (χ0v) is 19.8. The number of esters is 3. The Morgan fingerprint density at radius 2 is 1.88 bits per heavy atom. The van der Waals surface area contributed by atoms with Crippen LogP contribution in [0.25, 0.3) is 0 Å². The molecule has 3 aliphatic heterocycles. The third kappa shape index (κ3) is 3.06. The molecule has 5 aliphatic rings. The van der Waals surface area contributed by atoms with Gasteiger partial charge in [0.1, 0.15) is 23.9 Å². The number of hydrogen-bond donors (Lipinski definition) is 0. The fraction of sp³-hybridized carbons (Fsp3) is 0.640. The Labute approximate surface area is 192 Å². The number of rotatable bonds is 4. The largest absolute Gasteiger partial charge is 0.459 e. The number of epoxide rings is 2. The van der Waals surface area contributed by atoms with Crippen molar-refractivity contribution >= 4 is 17.9 Å². The van der Waals surface area contributed by atoms with Gasteiger partial charge in [-0.2, -0.15) is 0 Å². The van der Waals surface area contributed by atoms with E-state index in [4.69, 9.17) is 23.7 Å². The fourth-order valence-electron chi connectivity index (χ4n) is 5.75. The number of carbonyl (C=O) groups excluding carboxylic acids is 3. The van der Waals surface area contributed by atoms with E-state index in [0.29, 0.717) is 12.0 Å². The maximum atomic E-state index is 12.9. The normalized spacial score (nSPS) is 45.5. The maximum absolute atomic E-state index is 12.9. The summed E-state index contributed by atoms with van der Waals surface area (Å²) in [4.78, 5) is 38.1. The minimum atomic E-state index is -0.984. The second kappa shape index (κ2) is 7.03. The SMILES string of the molecule is C=C1C(=O)O[C@H]2[C@H]1[C@H](OC(=O)[C@]1(C)O[C@@H]1C)CC(C)=C1[C@@H](OC(=O)/C(C)=C\C)[C@H]3O[C@@]3(C)[C@@H]12. The zero-order valence-electron chi connectivity index (χ0n) is 19.8. The first-order valence-electron chi connectivity index (χ1n) is 11.4. The molecule has 2 aliphatic carbocycles. The molecule has 0 amide bonds. The molecule has 0 aromatic heterocycles. The molecule has 3 heterocycles. The Morgan fingerprint density at radius 3 is 2.48 bits per heavy atom. The summed E-state index contributed by atoms with van der Waals surface area (Å²) < 4.78 is 29.1. The van der Waals surface area contributed by atoms with E-state index >= 15 is 0 Å². The van der Waals surface area contributed by atoms with Crippen molar-refractivity contribution in [2.24, 2.45) is 11.8 Å². The van der Waals surface area contributed by atoms with E-state index in [2.05, 4.69) is 6.58 Å². The molecule has 5 rings (SSSR count). The Hall–Kier alpha value is -2.45. The molecule has 8 heteroatoms. The summed E-state index contributed by atoms with van der Waals surface area (Å²) in [6.07, 6.45) is -0.329. The summed E-state index contributed by atoms with van der Waals surface area (Å²) in [5, 5.41) is 0. The van der Waals surface area contributed by atoms with Gasteiger partial charge < -0.3 is 23.7 Å². The van der Waals surface area contributed by atoms with Crippen molar-refractivity contribution in [1.82, 2.24) is 0 Å². The molecule has 0 spiro atoms. The fourth-order valence-corrected chi connectivity index (χ4v) is 5.75. The van der Waals surface area contributed by atoms with Gasteiger partial charge in [-0.15, -0.1) is 0 Å². The van der Waals surface area contributed by atoms with Gasteiger partial charge in [0.05, 0.1) is 17.9 Å². The molecule has 0 bridgehead atoms. The lowest BCUT2D eigenvalue weighted by Gasteiger charge is -2.30. The summed E-state index contributed by atoms with van der Waals surface area (Å²) in [6, 6.07) is 0. The first kappa shape index (κ1) is 22.3. The van der Waals surface area contributed by atoms with E-state index in [1.54, 1.807) is 26.8 Å². The molecule has 0 radical (unpaired) electrons. The van der Waals surface area contributed by atoms with Crippen molar-refractivity contribution in [3.63, 3.8) is 0 Å². The molecule has 1 saturated carbocycles. The monoisotopic (exact) mass is 458 g/mol. The van der Waals surface area contributed by atoms with Gasteiger partial charge in [0.25, 0.3) is 0 Å². The lowest BCUT2D eigenvalue weighted by atomic mass is 9.80. The molecule has 178 valence electrons. The van der Waals surface area contributed by atoms with Gasteiger partial charge in [0, 0.05) is 17.6 Å². The molecule has 3 saturated heterocycles. The van der Waals surface area contributed by atoms with Crippen molar-refractivity contribution in [3.05, 3.63) is 34.9 Å². The topological polar surface area (TPSA) is 104 Å². The average Bonchev–Trinajstić information content (AvgIpc) is 3.56. The third-order valence-electron chi connectivity index (χ3n) is 8.21. The summed E-state index contributed by atoms with van der Waals surface area (Å²) in [5.74, 6) is -2.22. The number of fused-ring (bicyclic) bond motifs is 5. The summed E-state index contributed by atoms with van der Waals surface area (Å²) in [5.41, 5.74) is 1.00. The van der Waals surface area contributed by atoms with Crippen molar-refractivity contribution in [2.45, 2.75) is 89.7 Å². The third-order valence-corrected chi connectivity index (χ3v) is 8.21. The van der Waals surface area contributed by atoms with Gasteiger partial charge in [0.15, 0.2) is 11.7 Å².